The third-order valence-electron chi connectivity index (χ3n) is 13.6. The molecule has 1 nitrogen and oxygen atoms in total. The van der Waals surface area contributed by atoms with Crippen LogP contribution in [0.15, 0.2) is 225 Å². The van der Waals surface area contributed by atoms with Crippen LogP contribution in [0.2, 0.25) is 0 Å². The number of hydrogen-bond donors (Lipinski definition) is 0. The molecule has 0 atom stereocenters. The molecule has 282 valence electrons. The van der Waals surface area contributed by atoms with Crippen LogP contribution in [-0.4, -0.2) is 4.98 Å². The predicted molar refractivity (Wildman–Crippen MR) is 255 cm³/mol. The van der Waals surface area contributed by atoms with Crippen molar-refractivity contribution in [3.8, 4) is 66.9 Å². The van der Waals surface area contributed by atoms with E-state index < -0.39 is 0 Å². The fourth-order valence-electron chi connectivity index (χ4n) is 11.0. The van der Waals surface area contributed by atoms with Gasteiger partial charge in [0.25, 0.3) is 0 Å². The van der Waals surface area contributed by atoms with Crippen molar-refractivity contribution in [3.63, 3.8) is 0 Å². The lowest BCUT2D eigenvalue weighted by Gasteiger charge is -2.30. The molecule has 2 aliphatic carbocycles. The van der Waals surface area contributed by atoms with Crippen LogP contribution in [0.25, 0.3) is 99.2 Å². The van der Waals surface area contributed by atoms with E-state index in [0.29, 0.717) is 0 Å². The van der Waals surface area contributed by atoms with Crippen LogP contribution in [0, 0.1) is 0 Å². The number of nitrogens with zero attached hydrogens (tertiary/aromatic N) is 1. The van der Waals surface area contributed by atoms with Gasteiger partial charge in [-0.3, -0.25) is 4.98 Å². The summed E-state index contributed by atoms with van der Waals surface area (Å²) < 4.78 is 0. The summed E-state index contributed by atoms with van der Waals surface area (Å²) in [4.78, 5) is 5.29. The molecule has 10 aromatic carbocycles. The second-order valence-electron chi connectivity index (χ2n) is 16.5. The zero-order valence-corrected chi connectivity index (χ0v) is 33.3. The molecule has 11 aromatic rings. The smallest absolute Gasteiger partial charge is 0.0725 e. The van der Waals surface area contributed by atoms with Crippen molar-refractivity contribution in [2.45, 2.75) is 5.41 Å². The van der Waals surface area contributed by atoms with Gasteiger partial charge in [-0.1, -0.05) is 206 Å². The molecule has 1 aromatic heterocycles. The minimum atomic E-state index is -0.377. The Labute approximate surface area is 354 Å². The summed E-state index contributed by atoms with van der Waals surface area (Å²) in [6.45, 7) is 0. The maximum absolute atomic E-state index is 5.29. The average Bonchev–Trinajstić information content (AvgIpc) is 3.80. The standard InChI is InChI=1S/C60H37N/c1-2-16-43-38(14-1)15-13-24-44(43)39-28-30-40(31-29-39)58-49-20-3-5-22-51(49)59(52-23-6-4-21-50(52)58)57-35-33-42(37-61-57)41-32-34-48-47-19-9-12-27-55(47)60(56(48)36-41)53-25-10-7-17-45(53)46-18-8-11-26-54(46)60/h1-37H. The van der Waals surface area contributed by atoms with E-state index in [0.717, 1.165) is 16.8 Å². The maximum atomic E-state index is 5.29. The van der Waals surface area contributed by atoms with Crippen molar-refractivity contribution in [1.29, 1.82) is 0 Å². The van der Waals surface area contributed by atoms with Gasteiger partial charge in [-0.15, -0.1) is 0 Å². The van der Waals surface area contributed by atoms with Gasteiger partial charge in [-0.25, -0.2) is 0 Å². The second-order valence-corrected chi connectivity index (χ2v) is 16.5. The Bertz CT molecular complexity index is 3450. The van der Waals surface area contributed by atoms with Crippen LogP contribution in [-0.2, 0) is 5.41 Å². The summed E-state index contributed by atoms with van der Waals surface area (Å²) in [6, 6.07) is 80.6. The predicted octanol–water partition coefficient (Wildman–Crippen LogP) is 15.6. The number of fused-ring (bicyclic) bond motifs is 13. The van der Waals surface area contributed by atoms with Crippen LogP contribution in [0.4, 0.5) is 0 Å². The Kier molecular flexibility index (Phi) is 7.29. The van der Waals surface area contributed by atoms with Crippen LogP contribution < -0.4 is 0 Å². The summed E-state index contributed by atoms with van der Waals surface area (Å²) in [7, 11) is 0. The molecule has 0 saturated carbocycles. The molecule has 1 spiro atoms. The first kappa shape index (κ1) is 34.0. The highest BCUT2D eigenvalue weighted by atomic mass is 14.7. The SMILES string of the molecule is c1ccc2c(c1)-c1ccccc1C21c2ccccc2-c2ccc(-c3ccc(-c4c5ccccc5c(-c5ccc(-c6cccc7ccccc67)cc5)c5ccccc45)nc3)cc21. The molecule has 1 heteroatoms. The van der Waals surface area contributed by atoms with E-state index in [1.807, 2.05) is 0 Å². The van der Waals surface area contributed by atoms with Crippen molar-refractivity contribution in [3.05, 3.63) is 247 Å². The van der Waals surface area contributed by atoms with Gasteiger partial charge in [0.05, 0.1) is 11.1 Å². The molecule has 0 radical (unpaired) electrons. The van der Waals surface area contributed by atoms with Gasteiger partial charge in [0, 0.05) is 17.3 Å². The van der Waals surface area contributed by atoms with Gasteiger partial charge in [0.15, 0.2) is 0 Å². The Balaban J connectivity index is 0.933. The molecule has 0 unspecified atom stereocenters. The number of pyridine rings is 1. The Hall–Kier alpha value is -7.87. The van der Waals surface area contributed by atoms with Gasteiger partial charge in [0.2, 0.25) is 0 Å². The van der Waals surface area contributed by atoms with Crippen molar-refractivity contribution < 1.29 is 0 Å². The zero-order chi connectivity index (χ0) is 40.1. The van der Waals surface area contributed by atoms with Gasteiger partial charge < -0.3 is 0 Å². The minimum Gasteiger partial charge on any atom is -0.256 e. The Morgan fingerprint density at radius 2 is 0.721 bits per heavy atom. The molecule has 0 N–H and O–H groups in total. The summed E-state index contributed by atoms with van der Waals surface area (Å²) in [6.07, 6.45) is 2.08. The molecular weight excluding hydrogens is 735 g/mol. The summed E-state index contributed by atoms with van der Waals surface area (Å²) in [5, 5.41) is 7.37. The third kappa shape index (κ3) is 4.80. The highest BCUT2D eigenvalue weighted by Gasteiger charge is 2.51. The molecular formula is C60H37N. The number of benzene rings is 10. The lowest BCUT2D eigenvalue weighted by Crippen LogP contribution is -2.25. The highest BCUT2D eigenvalue weighted by molar-refractivity contribution is 6.21. The minimum absolute atomic E-state index is 0.377. The van der Waals surface area contributed by atoms with Gasteiger partial charge in [-0.2, -0.15) is 0 Å². The first-order valence-electron chi connectivity index (χ1n) is 21.2. The van der Waals surface area contributed by atoms with E-state index in [1.165, 1.54) is 105 Å². The van der Waals surface area contributed by atoms with E-state index in [2.05, 4.69) is 225 Å². The lowest BCUT2D eigenvalue weighted by atomic mass is 9.70. The second kappa shape index (κ2) is 13.1. The third-order valence-corrected chi connectivity index (χ3v) is 13.6. The number of aromatic nitrogens is 1. The van der Waals surface area contributed by atoms with E-state index in [1.54, 1.807) is 0 Å². The topological polar surface area (TPSA) is 12.9 Å². The summed E-state index contributed by atoms with van der Waals surface area (Å²) >= 11 is 0. The molecule has 0 bridgehead atoms. The van der Waals surface area contributed by atoms with Crippen LogP contribution in [0.5, 0.6) is 0 Å². The van der Waals surface area contributed by atoms with Crippen molar-refractivity contribution in [2.75, 3.05) is 0 Å². The molecule has 2 aliphatic rings. The zero-order valence-electron chi connectivity index (χ0n) is 33.3. The molecule has 13 rings (SSSR count). The van der Waals surface area contributed by atoms with Crippen molar-refractivity contribution in [2.24, 2.45) is 0 Å². The summed E-state index contributed by atoms with van der Waals surface area (Å²) in [5.41, 5.74) is 19.6. The van der Waals surface area contributed by atoms with Crippen LogP contribution >= 0.6 is 0 Å². The van der Waals surface area contributed by atoms with Crippen LogP contribution in [0.3, 0.4) is 0 Å². The first-order chi connectivity index (χ1) is 30.3. The molecule has 0 aliphatic heterocycles. The molecule has 0 amide bonds. The van der Waals surface area contributed by atoms with Gasteiger partial charge >= 0.3 is 0 Å². The van der Waals surface area contributed by atoms with Crippen molar-refractivity contribution in [1.82, 2.24) is 4.98 Å². The normalized spacial score (nSPS) is 13.0. The van der Waals surface area contributed by atoms with Crippen LogP contribution in [0.1, 0.15) is 22.3 Å². The van der Waals surface area contributed by atoms with Gasteiger partial charge in [0.1, 0.15) is 0 Å². The maximum Gasteiger partial charge on any atom is 0.0725 e. The molecule has 0 saturated heterocycles. The Morgan fingerprint density at radius 1 is 0.279 bits per heavy atom. The largest absolute Gasteiger partial charge is 0.256 e. The van der Waals surface area contributed by atoms with E-state index in [9.17, 15) is 0 Å². The summed E-state index contributed by atoms with van der Waals surface area (Å²) in [5.74, 6) is 0. The molecule has 61 heavy (non-hydrogen) atoms. The van der Waals surface area contributed by atoms with E-state index in [4.69, 9.17) is 4.98 Å². The average molecular weight is 772 g/mol. The molecule has 1 heterocycles. The van der Waals surface area contributed by atoms with E-state index in [-0.39, 0.29) is 5.41 Å². The fourth-order valence-corrected chi connectivity index (χ4v) is 11.0. The van der Waals surface area contributed by atoms with Gasteiger partial charge in [-0.05, 0) is 117 Å². The monoisotopic (exact) mass is 771 g/mol. The lowest BCUT2D eigenvalue weighted by molar-refractivity contribution is 0.794. The first-order valence-corrected chi connectivity index (χ1v) is 21.2. The Morgan fingerprint density at radius 3 is 1.31 bits per heavy atom. The molecule has 0 fully saturated rings. The van der Waals surface area contributed by atoms with Crippen molar-refractivity contribution >= 4 is 32.3 Å². The quantitative estimate of drug-likeness (QED) is 0.162. The highest BCUT2D eigenvalue weighted by Crippen LogP contribution is 2.63. The van der Waals surface area contributed by atoms with E-state index >= 15 is 0 Å². The number of rotatable bonds is 4. The number of hydrogen-bond acceptors (Lipinski definition) is 1. The fraction of sp³-hybridized carbons (Fsp3) is 0.0167.